The molecule has 0 aliphatic carbocycles. The molecule has 0 aromatic heterocycles. The van der Waals surface area contributed by atoms with Crippen molar-refractivity contribution in [1.29, 1.82) is 0 Å². The molecular weight excluding hydrogens is 366 g/mol. The number of ether oxygens (including phenoxy) is 2. The second-order valence-corrected chi connectivity index (χ2v) is 6.16. The molecule has 3 rings (SSSR count). The molecule has 1 atom stereocenters. The highest BCUT2D eigenvalue weighted by atomic mass is 16.6. The van der Waals surface area contributed by atoms with Crippen molar-refractivity contribution in [3.05, 3.63) is 69.8 Å². The molecule has 1 heterocycles. The summed E-state index contributed by atoms with van der Waals surface area (Å²) in [5, 5.41) is 11.1. The first kappa shape index (κ1) is 19.3. The zero-order chi connectivity index (χ0) is 20.1. The second-order valence-electron chi connectivity index (χ2n) is 6.16. The van der Waals surface area contributed by atoms with Crippen LogP contribution in [0.25, 0.3) is 0 Å². The number of rotatable bonds is 5. The van der Waals surface area contributed by atoms with Gasteiger partial charge < -0.3 is 20.1 Å². The van der Waals surface area contributed by atoms with E-state index < -0.39 is 22.7 Å². The number of nitro benzene ring substituents is 1. The number of nitrogens with zero attached hydrogens (tertiary/aromatic N) is 2. The van der Waals surface area contributed by atoms with Crippen LogP contribution < -0.4 is 5.73 Å². The monoisotopic (exact) mass is 385 g/mol. The smallest absolute Gasteiger partial charge is 0.339 e. The van der Waals surface area contributed by atoms with E-state index in [-0.39, 0.29) is 17.2 Å². The fourth-order valence-electron chi connectivity index (χ4n) is 2.84. The summed E-state index contributed by atoms with van der Waals surface area (Å²) in [5.41, 5.74) is 5.55. The van der Waals surface area contributed by atoms with Crippen molar-refractivity contribution in [2.45, 2.75) is 6.10 Å². The van der Waals surface area contributed by atoms with E-state index in [1.165, 1.54) is 12.1 Å². The molecule has 146 valence electrons. The molecule has 0 unspecified atom stereocenters. The van der Waals surface area contributed by atoms with Gasteiger partial charge in [0, 0.05) is 24.7 Å². The van der Waals surface area contributed by atoms with E-state index in [2.05, 4.69) is 0 Å². The number of benzene rings is 2. The highest BCUT2D eigenvalue weighted by molar-refractivity contribution is 5.94. The van der Waals surface area contributed by atoms with Gasteiger partial charge >= 0.3 is 5.97 Å². The first-order valence-electron chi connectivity index (χ1n) is 8.63. The quantitative estimate of drug-likeness (QED) is 0.361. The molecule has 2 aromatic carbocycles. The lowest BCUT2D eigenvalue weighted by Gasteiger charge is -2.30. The number of hydrogen-bond donors (Lipinski definition) is 1. The highest BCUT2D eigenvalue weighted by Gasteiger charge is 2.31. The van der Waals surface area contributed by atoms with Crippen molar-refractivity contribution >= 4 is 23.3 Å². The Labute approximate surface area is 160 Å². The van der Waals surface area contributed by atoms with Gasteiger partial charge in [0.2, 0.25) is 6.10 Å². The molecule has 1 fully saturated rings. The Kier molecular flexibility index (Phi) is 5.85. The summed E-state index contributed by atoms with van der Waals surface area (Å²) >= 11 is 0. The third kappa shape index (κ3) is 4.26. The molecule has 0 radical (unpaired) electrons. The minimum Gasteiger partial charge on any atom is -0.444 e. The molecule has 2 N–H and O–H groups in total. The maximum Gasteiger partial charge on any atom is 0.339 e. The predicted molar refractivity (Wildman–Crippen MR) is 99.5 cm³/mol. The summed E-state index contributed by atoms with van der Waals surface area (Å²) in [7, 11) is 0. The van der Waals surface area contributed by atoms with Gasteiger partial charge in [-0.1, -0.05) is 30.3 Å². The fourth-order valence-corrected chi connectivity index (χ4v) is 2.84. The Morgan fingerprint density at radius 3 is 2.46 bits per heavy atom. The highest BCUT2D eigenvalue weighted by Crippen LogP contribution is 2.26. The van der Waals surface area contributed by atoms with E-state index in [0.29, 0.717) is 31.9 Å². The molecular formula is C19H19N3O6. The van der Waals surface area contributed by atoms with E-state index >= 15 is 0 Å². The Hall–Kier alpha value is -3.46. The lowest BCUT2D eigenvalue weighted by atomic mass is 10.1. The lowest BCUT2D eigenvalue weighted by molar-refractivity contribution is -0.383. The number of nitrogens with two attached hydrogens (primary N) is 1. The van der Waals surface area contributed by atoms with E-state index in [1.807, 2.05) is 0 Å². The fraction of sp³-hybridized carbons (Fsp3) is 0.263. The van der Waals surface area contributed by atoms with Crippen LogP contribution in [0.5, 0.6) is 0 Å². The molecule has 2 aromatic rings. The van der Waals surface area contributed by atoms with E-state index in [1.54, 1.807) is 35.2 Å². The molecule has 1 amide bonds. The molecule has 1 aliphatic heterocycles. The number of carbonyl (C=O) groups is 2. The summed E-state index contributed by atoms with van der Waals surface area (Å²) < 4.78 is 10.7. The number of amides is 1. The average Bonchev–Trinajstić information content (AvgIpc) is 2.72. The molecule has 1 saturated heterocycles. The van der Waals surface area contributed by atoms with Gasteiger partial charge in [0.05, 0.1) is 23.7 Å². The van der Waals surface area contributed by atoms with Crippen LogP contribution in [0.1, 0.15) is 22.0 Å². The Morgan fingerprint density at radius 2 is 1.82 bits per heavy atom. The van der Waals surface area contributed by atoms with Crippen LogP contribution in [0.15, 0.2) is 48.5 Å². The van der Waals surface area contributed by atoms with Gasteiger partial charge in [-0.15, -0.1) is 0 Å². The number of nitro groups is 1. The standard InChI is InChI=1S/C19H19N3O6/c20-15-7-6-14(12-16(15)22(25)26)19(24)28-17(13-4-2-1-3-5-13)18(23)21-8-10-27-11-9-21/h1-7,12,17H,8-11,20H2/t17-/m1/s1. The van der Waals surface area contributed by atoms with Crippen LogP contribution >= 0.6 is 0 Å². The Balaban J connectivity index is 1.87. The van der Waals surface area contributed by atoms with Gasteiger partial charge in [0.25, 0.3) is 11.6 Å². The first-order chi connectivity index (χ1) is 13.5. The van der Waals surface area contributed by atoms with Crippen LogP contribution in [0.4, 0.5) is 11.4 Å². The number of carbonyl (C=O) groups excluding carboxylic acids is 2. The molecule has 1 aliphatic rings. The van der Waals surface area contributed by atoms with Crippen molar-refractivity contribution in [1.82, 2.24) is 4.90 Å². The van der Waals surface area contributed by atoms with Crippen molar-refractivity contribution in [3.8, 4) is 0 Å². The summed E-state index contributed by atoms with van der Waals surface area (Å²) in [4.78, 5) is 37.5. The normalized spacial score (nSPS) is 14.9. The zero-order valence-electron chi connectivity index (χ0n) is 14.9. The van der Waals surface area contributed by atoms with Crippen LogP contribution in [-0.2, 0) is 14.3 Å². The van der Waals surface area contributed by atoms with Crippen LogP contribution in [-0.4, -0.2) is 48.0 Å². The summed E-state index contributed by atoms with van der Waals surface area (Å²) in [6, 6.07) is 12.2. The number of nitrogen functional groups attached to an aromatic ring is 1. The molecule has 28 heavy (non-hydrogen) atoms. The predicted octanol–water partition coefficient (Wildman–Crippen LogP) is 1.93. The van der Waals surface area contributed by atoms with Crippen molar-refractivity contribution in [3.63, 3.8) is 0 Å². The van der Waals surface area contributed by atoms with Gasteiger partial charge in [-0.05, 0) is 12.1 Å². The lowest BCUT2D eigenvalue weighted by Crippen LogP contribution is -2.44. The Bertz CT molecular complexity index is 880. The van der Waals surface area contributed by atoms with Gasteiger partial charge in [0.1, 0.15) is 5.69 Å². The van der Waals surface area contributed by atoms with E-state index in [9.17, 15) is 19.7 Å². The number of hydrogen-bond acceptors (Lipinski definition) is 7. The van der Waals surface area contributed by atoms with Crippen LogP contribution in [0.2, 0.25) is 0 Å². The molecule has 9 nitrogen and oxygen atoms in total. The van der Waals surface area contributed by atoms with Crippen LogP contribution in [0.3, 0.4) is 0 Å². The zero-order valence-corrected chi connectivity index (χ0v) is 14.9. The molecule has 9 heteroatoms. The molecule has 0 saturated carbocycles. The van der Waals surface area contributed by atoms with Gasteiger partial charge in [-0.2, -0.15) is 0 Å². The van der Waals surface area contributed by atoms with Gasteiger partial charge in [-0.25, -0.2) is 4.79 Å². The topological polar surface area (TPSA) is 125 Å². The van der Waals surface area contributed by atoms with E-state index in [4.69, 9.17) is 15.2 Å². The van der Waals surface area contributed by atoms with Crippen molar-refractivity contribution in [2.75, 3.05) is 32.0 Å². The summed E-state index contributed by atoms with van der Waals surface area (Å²) in [6.45, 7) is 1.61. The van der Waals surface area contributed by atoms with Crippen molar-refractivity contribution < 1.29 is 24.0 Å². The SMILES string of the molecule is Nc1ccc(C(=O)O[C@@H](C(=O)N2CCOCC2)c2ccccc2)cc1[N+](=O)[O-]. The number of esters is 1. The maximum atomic E-state index is 13.0. The van der Waals surface area contributed by atoms with Crippen LogP contribution in [0, 0.1) is 10.1 Å². The third-order valence-electron chi connectivity index (χ3n) is 4.34. The number of morpholine rings is 1. The third-order valence-corrected chi connectivity index (χ3v) is 4.34. The van der Waals surface area contributed by atoms with Gasteiger partial charge in [-0.3, -0.25) is 14.9 Å². The van der Waals surface area contributed by atoms with Gasteiger partial charge in [0.15, 0.2) is 0 Å². The maximum absolute atomic E-state index is 13.0. The Morgan fingerprint density at radius 1 is 1.14 bits per heavy atom. The average molecular weight is 385 g/mol. The first-order valence-corrected chi connectivity index (χ1v) is 8.63. The van der Waals surface area contributed by atoms with Crippen molar-refractivity contribution in [2.24, 2.45) is 0 Å². The largest absolute Gasteiger partial charge is 0.444 e. The minimum atomic E-state index is -1.16. The van der Waals surface area contributed by atoms with E-state index in [0.717, 1.165) is 6.07 Å². The number of anilines is 1. The second kappa shape index (κ2) is 8.49. The molecule has 0 spiro atoms. The summed E-state index contributed by atoms with van der Waals surface area (Å²) in [5.74, 6) is -1.22. The summed E-state index contributed by atoms with van der Waals surface area (Å²) in [6.07, 6.45) is -1.16. The molecule has 0 bridgehead atoms. The minimum absolute atomic E-state index is 0.0587.